The molecule has 0 heterocycles. The number of para-hydroxylation sites is 1. The molecule has 0 amide bonds. The number of hydrogen-bond acceptors (Lipinski definition) is 3. The fourth-order valence-electron chi connectivity index (χ4n) is 1.67. The van der Waals surface area contributed by atoms with Crippen LogP contribution in [0.1, 0.15) is 5.56 Å². The van der Waals surface area contributed by atoms with Gasteiger partial charge in [-0.25, -0.2) is 8.78 Å². The molecule has 0 bridgehead atoms. The second-order valence-electron chi connectivity index (χ2n) is 3.99. The summed E-state index contributed by atoms with van der Waals surface area (Å²) in [6.07, 6.45) is 0. The lowest BCUT2D eigenvalue weighted by Gasteiger charge is -2.08. The quantitative estimate of drug-likeness (QED) is 0.688. The van der Waals surface area contributed by atoms with Crippen LogP contribution in [0.2, 0.25) is 0 Å². The highest BCUT2D eigenvalue weighted by molar-refractivity contribution is 5.47. The summed E-state index contributed by atoms with van der Waals surface area (Å²) in [4.78, 5) is 9.61. The van der Waals surface area contributed by atoms with Crippen molar-refractivity contribution in [2.45, 2.75) is 6.54 Å². The van der Waals surface area contributed by atoms with Crippen molar-refractivity contribution < 1.29 is 18.1 Å². The van der Waals surface area contributed by atoms with E-state index >= 15 is 0 Å². The van der Waals surface area contributed by atoms with E-state index in [1.807, 2.05) is 0 Å². The van der Waals surface area contributed by atoms with E-state index in [0.717, 1.165) is 24.3 Å². The van der Waals surface area contributed by atoms with E-state index in [1.54, 1.807) is 0 Å². The molecule has 0 unspecified atom stereocenters. The van der Waals surface area contributed by atoms with Crippen molar-refractivity contribution in [1.82, 2.24) is 0 Å². The third-order valence-corrected chi connectivity index (χ3v) is 2.64. The van der Waals surface area contributed by atoms with E-state index in [4.69, 9.17) is 0 Å². The Labute approximate surface area is 112 Å². The summed E-state index contributed by atoms with van der Waals surface area (Å²) in [6.45, 7) is -0.0627. The van der Waals surface area contributed by atoms with Gasteiger partial charge in [0.1, 0.15) is 17.3 Å². The fourth-order valence-corrected chi connectivity index (χ4v) is 1.67. The third kappa shape index (κ3) is 2.87. The summed E-state index contributed by atoms with van der Waals surface area (Å²) in [5.41, 5.74) is -0.646. The van der Waals surface area contributed by atoms with Crippen LogP contribution < -0.4 is 5.32 Å². The van der Waals surface area contributed by atoms with Crippen molar-refractivity contribution in [3.63, 3.8) is 0 Å². The molecule has 2 aromatic carbocycles. The number of rotatable bonds is 4. The van der Waals surface area contributed by atoms with E-state index < -0.39 is 28.1 Å². The molecule has 1 N–H and O–H groups in total. The molecule has 0 aromatic heterocycles. The van der Waals surface area contributed by atoms with Gasteiger partial charge in [0.2, 0.25) is 5.82 Å². The first-order valence-electron chi connectivity index (χ1n) is 5.59. The van der Waals surface area contributed by atoms with Crippen LogP contribution >= 0.6 is 0 Å². The maximum absolute atomic E-state index is 13.4. The average Bonchev–Trinajstić information content (AvgIpc) is 2.37. The predicted molar refractivity (Wildman–Crippen MR) is 66.7 cm³/mol. The van der Waals surface area contributed by atoms with Crippen LogP contribution in [-0.2, 0) is 6.54 Å². The van der Waals surface area contributed by atoms with Gasteiger partial charge in [-0.05, 0) is 23.8 Å². The van der Waals surface area contributed by atoms with Crippen LogP contribution in [0.5, 0.6) is 0 Å². The number of anilines is 1. The van der Waals surface area contributed by atoms with Crippen molar-refractivity contribution >= 4 is 11.4 Å². The summed E-state index contributed by atoms with van der Waals surface area (Å²) < 4.78 is 40.0. The summed E-state index contributed by atoms with van der Waals surface area (Å²) in [7, 11) is 0. The van der Waals surface area contributed by atoms with Gasteiger partial charge in [-0.15, -0.1) is 0 Å². The summed E-state index contributed by atoms with van der Waals surface area (Å²) in [5, 5.41) is 12.9. The van der Waals surface area contributed by atoms with Crippen LogP contribution in [0.4, 0.5) is 24.5 Å². The number of nitrogens with one attached hydrogen (secondary N) is 1. The van der Waals surface area contributed by atoms with Crippen LogP contribution in [-0.4, -0.2) is 4.92 Å². The number of nitrogens with zero attached hydrogens (tertiary/aromatic N) is 1. The van der Waals surface area contributed by atoms with E-state index in [1.165, 1.54) is 12.1 Å². The third-order valence-electron chi connectivity index (χ3n) is 2.64. The van der Waals surface area contributed by atoms with Gasteiger partial charge in [0.05, 0.1) is 4.92 Å². The SMILES string of the molecule is O=[N+]([O-])c1ccc(CNc2c(F)cccc2F)cc1F. The molecule has 0 spiro atoms. The fraction of sp³-hybridized carbons (Fsp3) is 0.0769. The molecule has 104 valence electrons. The topological polar surface area (TPSA) is 55.2 Å². The minimum atomic E-state index is -0.997. The zero-order chi connectivity index (χ0) is 14.7. The molecule has 20 heavy (non-hydrogen) atoms. The lowest BCUT2D eigenvalue weighted by molar-refractivity contribution is -0.387. The smallest absolute Gasteiger partial charge is 0.304 e. The molecule has 0 aliphatic rings. The van der Waals surface area contributed by atoms with Crippen molar-refractivity contribution in [3.05, 3.63) is 69.5 Å². The summed E-state index contributed by atoms with van der Waals surface area (Å²) in [6, 6.07) is 6.66. The van der Waals surface area contributed by atoms with Crippen LogP contribution in [0.3, 0.4) is 0 Å². The van der Waals surface area contributed by atoms with Crippen molar-refractivity contribution in [3.8, 4) is 0 Å². The minimum absolute atomic E-state index is 0.0627. The molecule has 0 fully saturated rings. The molecule has 0 saturated carbocycles. The Kier molecular flexibility index (Phi) is 3.88. The van der Waals surface area contributed by atoms with E-state index in [9.17, 15) is 23.3 Å². The Morgan fingerprint density at radius 2 is 1.70 bits per heavy atom. The number of halogens is 3. The maximum atomic E-state index is 13.4. The van der Waals surface area contributed by atoms with Crippen LogP contribution in [0.25, 0.3) is 0 Å². The van der Waals surface area contributed by atoms with E-state index in [-0.39, 0.29) is 12.2 Å². The Bertz CT molecular complexity index is 642. The second-order valence-corrected chi connectivity index (χ2v) is 3.99. The largest absolute Gasteiger partial charge is 0.376 e. The minimum Gasteiger partial charge on any atom is -0.376 e. The molecule has 0 atom stereocenters. The number of nitro benzene ring substituents is 1. The highest BCUT2D eigenvalue weighted by Crippen LogP contribution is 2.21. The molecule has 4 nitrogen and oxygen atoms in total. The summed E-state index contributed by atoms with van der Waals surface area (Å²) >= 11 is 0. The molecule has 0 radical (unpaired) electrons. The summed E-state index contributed by atoms with van der Waals surface area (Å²) in [5.74, 6) is -2.54. The molecule has 7 heteroatoms. The van der Waals surface area contributed by atoms with Crippen molar-refractivity contribution in [2.75, 3.05) is 5.32 Å². The van der Waals surface area contributed by atoms with Gasteiger partial charge in [0.15, 0.2) is 0 Å². The molecule has 2 aromatic rings. The number of hydrogen-bond donors (Lipinski definition) is 1. The predicted octanol–water partition coefficient (Wildman–Crippen LogP) is 3.62. The van der Waals surface area contributed by atoms with Gasteiger partial charge >= 0.3 is 5.69 Å². The molecular weight excluding hydrogens is 273 g/mol. The van der Waals surface area contributed by atoms with Gasteiger partial charge in [0, 0.05) is 12.6 Å². The van der Waals surface area contributed by atoms with E-state index in [2.05, 4.69) is 5.32 Å². The monoisotopic (exact) mass is 282 g/mol. The van der Waals surface area contributed by atoms with Gasteiger partial charge in [-0.1, -0.05) is 12.1 Å². The number of benzene rings is 2. The highest BCUT2D eigenvalue weighted by Gasteiger charge is 2.14. The zero-order valence-electron chi connectivity index (χ0n) is 10.1. The Balaban J connectivity index is 2.16. The van der Waals surface area contributed by atoms with Gasteiger partial charge in [-0.2, -0.15) is 4.39 Å². The van der Waals surface area contributed by atoms with Gasteiger partial charge < -0.3 is 5.32 Å². The Morgan fingerprint density at radius 1 is 1.05 bits per heavy atom. The highest BCUT2D eigenvalue weighted by atomic mass is 19.1. The second kappa shape index (κ2) is 5.60. The first-order valence-corrected chi connectivity index (χ1v) is 5.59. The van der Waals surface area contributed by atoms with Gasteiger partial charge in [-0.3, -0.25) is 10.1 Å². The molecule has 0 aliphatic carbocycles. The lowest BCUT2D eigenvalue weighted by atomic mass is 10.2. The first kappa shape index (κ1) is 13.9. The van der Waals surface area contributed by atoms with Gasteiger partial charge in [0.25, 0.3) is 0 Å². The lowest BCUT2D eigenvalue weighted by Crippen LogP contribution is -2.04. The van der Waals surface area contributed by atoms with Crippen LogP contribution in [0, 0.1) is 27.6 Å². The standard InChI is InChI=1S/C13H9F3N2O2/c14-9-2-1-3-10(15)13(9)17-7-8-4-5-12(18(19)20)11(16)6-8/h1-6,17H,7H2. The molecule has 2 rings (SSSR count). The normalized spacial score (nSPS) is 10.3. The maximum Gasteiger partial charge on any atom is 0.304 e. The van der Waals surface area contributed by atoms with E-state index in [0.29, 0.717) is 5.56 Å². The van der Waals surface area contributed by atoms with Crippen LogP contribution in [0.15, 0.2) is 36.4 Å². The number of nitro groups is 1. The average molecular weight is 282 g/mol. The first-order chi connectivity index (χ1) is 9.49. The molecule has 0 aliphatic heterocycles. The van der Waals surface area contributed by atoms with Crippen molar-refractivity contribution in [2.24, 2.45) is 0 Å². The zero-order valence-corrected chi connectivity index (χ0v) is 10.1. The van der Waals surface area contributed by atoms with Crippen molar-refractivity contribution in [1.29, 1.82) is 0 Å². The molecular formula is C13H9F3N2O2. The Morgan fingerprint density at radius 3 is 2.25 bits per heavy atom. The Hall–Kier alpha value is -2.57. The molecule has 0 saturated heterocycles.